The maximum atomic E-state index is 13.7. The van der Waals surface area contributed by atoms with Gasteiger partial charge in [-0.15, -0.1) is 0 Å². The molecule has 2 aromatic carbocycles. The fourth-order valence-corrected chi connectivity index (χ4v) is 7.24. The van der Waals surface area contributed by atoms with E-state index >= 15 is 0 Å². The Balaban J connectivity index is 1.12. The van der Waals surface area contributed by atoms with Crippen LogP contribution in [0.15, 0.2) is 53.7 Å². The molecule has 4 heterocycles. The summed E-state index contributed by atoms with van der Waals surface area (Å²) in [6.07, 6.45) is 5.64. The molecule has 0 spiro atoms. The Morgan fingerprint density at radius 2 is 1.58 bits per heavy atom. The number of methoxy groups -OCH3 is 1. The molecule has 3 N–H and O–H groups in total. The van der Waals surface area contributed by atoms with Crippen LogP contribution >= 0.6 is 0 Å². The van der Waals surface area contributed by atoms with Gasteiger partial charge in [0.1, 0.15) is 23.7 Å². The molecule has 0 aliphatic carbocycles. The molecule has 2 aliphatic heterocycles. The number of aromatic amines is 2. The van der Waals surface area contributed by atoms with Gasteiger partial charge in [0.05, 0.1) is 49.2 Å². The molecule has 290 valence electrons. The van der Waals surface area contributed by atoms with Crippen molar-refractivity contribution in [1.82, 2.24) is 35.1 Å². The number of nitrogens with zero attached hydrogens (tertiary/aromatic N) is 5. The van der Waals surface area contributed by atoms with E-state index in [4.69, 9.17) is 14.6 Å². The molecule has 6 rings (SSSR count). The highest BCUT2D eigenvalue weighted by atomic mass is 17.2. The number of likely N-dealkylation sites (tertiary alicyclic amines) is 2. The summed E-state index contributed by atoms with van der Waals surface area (Å²) in [6.45, 7) is 10.9. The minimum Gasteiger partial charge on any atom is -0.453 e. The number of fused-ring (bicyclic) bond motifs is 1. The summed E-state index contributed by atoms with van der Waals surface area (Å²) in [5.74, 6) is 7.75. The molecular weight excluding hydrogens is 701 g/mol. The van der Waals surface area contributed by atoms with Crippen molar-refractivity contribution in [1.29, 1.82) is 0 Å². The molecule has 3 amide bonds. The van der Waals surface area contributed by atoms with Crippen LogP contribution in [-0.2, 0) is 24.1 Å². The third-order valence-electron chi connectivity index (χ3n) is 10.2. The van der Waals surface area contributed by atoms with Gasteiger partial charge < -0.3 is 34.7 Å². The van der Waals surface area contributed by atoms with E-state index in [9.17, 15) is 14.4 Å². The number of aliphatic imine (C=N–C) groups is 1. The lowest BCUT2D eigenvalue weighted by Gasteiger charge is -2.34. The summed E-state index contributed by atoms with van der Waals surface area (Å²) in [7, 11) is 2.68. The summed E-state index contributed by atoms with van der Waals surface area (Å²) in [6, 6.07) is 12.1. The van der Waals surface area contributed by atoms with Crippen molar-refractivity contribution in [2.24, 2.45) is 16.3 Å². The van der Waals surface area contributed by atoms with Crippen LogP contribution < -0.4 is 5.32 Å². The number of ether oxygens (including phenoxy) is 1. The summed E-state index contributed by atoms with van der Waals surface area (Å²) in [5.41, 5.74) is 4.61. The van der Waals surface area contributed by atoms with Gasteiger partial charge in [0.25, 0.3) is 0 Å². The average Bonchev–Trinajstić information content (AvgIpc) is 3.99. The molecule has 2 aliphatic rings. The summed E-state index contributed by atoms with van der Waals surface area (Å²) >= 11 is 0. The lowest BCUT2D eigenvalue weighted by atomic mass is 9.85. The minimum absolute atomic E-state index is 0.0149. The number of alkyl carbamates (subject to hydrolysis) is 1. The number of aromatic nitrogens is 4. The number of rotatable bonds is 10. The van der Waals surface area contributed by atoms with Gasteiger partial charge in [-0.2, -0.15) is 4.89 Å². The molecule has 55 heavy (non-hydrogen) atoms. The van der Waals surface area contributed by atoms with Gasteiger partial charge in [-0.1, -0.05) is 58.6 Å². The van der Waals surface area contributed by atoms with Crippen LogP contribution in [0.3, 0.4) is 0 Å². The van der Waals surface area contributed by atoms with E-state index < -0.39 is 23.6 Å². The highest BCUT2D eigenvalue weighted by Crippen LogP contribution is 2.35. The fourth-order valence-electron chi connectivity index (χ4n) is 7.24. The predicted molar refractivity (Wildman–Crippen MR) is 207 cm³/mol. The number of hydrogen-bond donors (Lipinski definition) is 3. The van der Waals surface area contributed by atoms with Gasteiger partial charge in [0.15, 0.2) is 0 Å². The molecule has 14 nitrogen and oxygen atoms in total. The van der Waals surface area contributed by atoms with E-state index in [0.29, 0.717) is 18.9 Å². The second-order valence-electron chi connectivity index (χ2n) is 15.4. The number of H-pyrrole nitrogens is 2. The van der Waals surface area contributed by atoms with Crippen LogP contribution in [0.25, 0.3) is 22.3 Å². The zero-order chi connectivity index (χ0) is 39.3. The van der Waals surface area contributed by atoms with Gasteiger partial charge in [0.2, 0.25) is 18.2 Å². The van der Waals surface area contributed by atoms with E-state index in [1.807, 2.05) is 86.9 Å². The molecule has 0 bridgehead atoms. The number of carbonyl (C=O) groups excluding carboxylic acids is 3. The van der Waals surface area contributed by atoms with Gasteiger partial charge >= 0.3 is 6.09 Å². The predicted octanol–water partition coefficient (Wildman–Crippen LogP) is 6.08. The lowest BCUT2D eigenvalue weighted by molar-refractivity contribution is -0.188. The SMILES string of the molecule is COOC=N[C@H](C(=O)N1CCC[C@H]1c1ncc(-c2ccc(C#Cc3ccc4nc([C@@H]5CCCN5C(=O)[C@@H](NC(=O)OC)C(C)(C)C)[nH]c4c3)cc2)[nH]1)C(C)C. The van der Waals surface area contributed by atoms with E-state index in [1.54, 1.807) is 6.20 Å². The first-order chi connectivity index (χ1) is 26.4. The molecule has 0 saturated carbocycles. The van der Waals surface area contributed by atoms with Crippen molar-refractivity contribution in [2.45, 2.75) is 84.5 Å². The first-order valence-electron chi connectivity index (χ1n) is 18.7. The number of amides is 3. The zero-order valence-corrected chi connectivity index (χ0v) is 32.5. The largest absolute Gasteiger partial charge is 0.453 e. The summed E-state index contributed by atoms with van der Waals surface area (Å²) in [4.78, 5) is 73.1. The number of imidazole rings is 2. The first-order valence-corrected chi connectivity index (χ1v) is 18.7. The molecule has 2 aromatic heterocycles. The van der Waals surface area contributed by atoms with Crippen LogP contribution in [0.1, 0.15) is 95.2 Å². The Kier molecular flexibility index (Phi) is 11.9. The highest BCUT2D eigenvalue weighted by molar-refractivity contribution is 5.87. The quantitative estimate of drug-likeness (QED) is 0.0577. The number of hydrogen-bond acceptors (Lipinski definition) is 9. The van der Waals surface area contributed by atoms with Gasteiger partial charge in [-0.25, -0.2) is 19.8 Å². The minimum atomic E-state index is -0.746. The summed E-state index contributed by atoms with van der Waals surface area (Å²) < 4.78 is 4.80. The van der Waals surface area contributed by atoms with Crippen molar-refractivity contribution < 1.29 is 28.9 Å². The smallest absolute Gasteiger partial charge is 0.407 e. The molecule has 4 aromatic rings. The van der Waals surface area contributed by atoms with E-state index in [0.717, 1.165) is 64.9 Å². The number of carbonyl (C=O) groups is 3. The van der Waals surface area contributed by atoms with Crippen molar-refractivity contribution in [2.75, 3.05) is 27.3 Å². The molecule has 0 unspecified atom stereocenters. The lowest BCUT2D eigenvalue weighted by Crippen LogP contribution is -2.54. The highest BCUT2D eigenvalue weighted by Gasteiger charge is 2.41. The Morgan fingerprint density at radius 3 is 2.24 bits per heavy atom. The number of benzene rings is 2. The van der Waals surface area contributed by atoms with Crippen molar-refractivity contribution >= 4 is 35.3 Å². The van der Waals surface area contributed by atoms with Gasteiger partial charge in [0, 0.05) is 24.2 Å². The molecule has 2 saturated heterocycles. The fraction of sp³-hybridized carbons (Fsp3) is 0.463. The first kappa shape index (κ1) is 39.0. The van der Waals surface area contributed by atoms with E-state index in [2.05, 4.69) is 42.0 Å². The molecular formula is C41H50N8O6. The third-order valence-corrected chi connectivity index (χ3v) is 10.2. The van der Waals surface area contributed by atoms with Crippen molar-refractivity contribution in [3.05, 3.63) is 71.4 Å². The second kappa shape index (κ2) is 16.8. The van der Waals surface area contributed by atoms with Gasteiger partial charge in [-0.3, -0.25) is 9.59 Å². The van der Waals surface area contributed by atoms with Crippen LogP contribution in [0, 0.1) is 23.2 Å². The second-order valence-corrected chi connectivity index (χ2v) is 15.4. The van der Waals surface area contributed by atoms with Crippen LogP contribution in [-0.4, -0.2) is 93.4 Å². The van der Waals surface area contributed by atoms with Crippen LogP contribution in [0.2, 0.25) is 0 Å². The van der Waals surface area contributed by atoms with Crippen molar-refractivity contribution in [3.63, 3.8) is 0 Å². The Hall–Kier alpha value is -5.68. The molecule has 14 heteroatoms. The number of nitrogens with one attached hydrogen (secondary N) is 3. The average molecular weight is 751 g/mol. The monoisotopic (exact) mass is 750 g/mol. The Morgan fingerprint density at radius 1 is 0.927 bits per heavy atom. The van der Waals surface area contributed by atoms with E-state index in [-0.39, 0.29) is 29.8 Å². The molecule has 0 radical (unpaired) electrons. The Labute approximate surface area is 321 Å². The zero-order valence-electron chi connectivity index (χ0n) is 32.5. The maximum Gasteiger partial charge on any atom is 0.407 e. The topological polar surface area (TPSA) is 167 Å². The third kappa shape index (κ3) is 8.84. The molecule has 4 atom stereocenters. The maximum absolute atomic E-state index is 13.7. The van der Waals surface area contributed by atoms with Gasteiger partial charge in [-0.05, 0) is 72.9 Å². The summed E-state index contributed by atoms with van der Waals surface area (Å²) in [5, 5.41) is 2.73. The van der Waals surface area contributed by atoms with Crippen LogP contribution in [0.4, 0.5) is 4.79 Å². The normalized spacial score (nSPS) is 18.4. The van der Waals surface area contributed by atoms with Crippen molar-refractivity contribution in [3.8, 4) is 23.1 Å². The molecule has 2 fully saturated rings. The van der Waals surface area contributed by atoms with E-state index in [1.165, 1.54) is 20.6 Å². The standard InChI is InChI=1S/C41H50N8O6/c1-25(2)34(43-24-55-54-7)38(50)48-20-8-10-32(48)36-42-23-31(46-36)28-17-14-26(15-18-28)12-13-27-16-19-29-30(22-27)45-37(44-29)33-11-9-21-49(33)39(51)35(41(3,4)5)47-40(52)53-6/h14-19,22-25,32-35H,8-11,20-21H2,1-7H3,(H,42,46)(H,44,45)(H,47,52)/t32-,33-,34-,35+/m0/s1. The Bertz CT molecular complexity index is 2090. The van der Waals surface area contributed by atoms with Crippen LogP contribution in [0.5, 0.6) is 0 Å².